The molecular weight excluding hydrogens is 207 g/mol. The number of hydrogen-bond donors (Lipinski definition) is 1. The average Bonchev–Trinajstić information content (AvgIpc) is 2.64. The number of piperazine rings is 1. The maximum absolute atomic E-state index is 3.55. The Kier molecular flexibility index (Phi) is 5.61. The molecule has 0 spiro atoms. The van der Waals surface area contributed by atoms with Crippen molar-refractivity contribution in [2.45, 2.75) is 44.8 Å². The highest BCUT2D eigenvalue weighted by molar-refractivity contribution is 5.85. The molecule has 0 aromatic carbocycles. The molecule has 2 nitrogen and oxygen atoms in total. The lowest BCUT2D eigenvalue weighted by Gasteiger charge is -2.36. The molecule has 2 rings (SSSR count). The topological polar surface area (TPSA) is 15.3 Å². The Labute approximate surface area is 93.3 Å². The van der Waals surface area contributed by atoms with Gasteiger partial charge in [0.2, 0.25) is 0 Å². The molecule has 1 saturated carbocycles. The molecule has 0 aromatic heterocycles. The molecule has 0 bridgehead atoms. The van der Waals surface area contributed by atoms with Crippen LogP contribution in [0.2, 0.25) is 0 Å². The van der Waals surface area contributed by atoms with Crippen LogP contribution in [0.3, 0.4) is 0 Å². The summed E-state index contributed by atoms with van der Waals surface area (Å²) in [6.45, 7) is 7.08. The van der Waals surface area contributed by atoms with Crippen LogP contribution < -0.4 is 5.32 Å². The third-order valence-corrected chi connectivity index (χ3v) is 2.65. The van der Waals surface area contributed by atoms with E-state index in [1.165, 1.54) is 25.9 Å². The standard InChI is InChI=1S/C9H18N2.2ClH/c1-7-5-11(9-3-4-9)6-8(2)10-7;;/h7-10H,3-6H2,1-2H3;2*1H/t7-,8+;;. The van der Waals surface area contributed by atoms with Crippen molar-refractivity contribution in [3.63, 3.8) is 0 Å². The van der Waals surface area contributed by atoms with Gasteiger partial charge in [-0.1, -0.05) is 0 Å². The lowest BCUT2D eigenvalue weighted by molar-refractivity contribution is 0.165. The molecule has 4 heteroatoms. The molecule has 0 radical (unpaired) electrons. The average molecular weight is 227 g/mol. The molecular formula is C9H20Cl2N2. The van der Waals surface area contributed by atoms with Gasteiger partial charge in [0.15, 0.2) is 0 Å². The van der Waals surface area contributed by atoms with Crippen LogP contribution in [-0.2, 0) is 0 Å². The predicted octanol–water partition coefficient (Wildman–Crippen LogP) is 1.67. The first-order valence-corrected chi connectivity index (χ1v) is 4.76. The largest absolute Gasteiger partial charge is 0.309 e. The van der Waals surface area contributed by atoms with E-state index in [0.717, 1.165) is 6.04 Å². The first kappa shape index (κ1) is 13.5. The second-order valence-electron chi connectivity index (χ2n) is 4.15. The molecule has 1 aliphatic carbocycles. The van der Waals surface area contributed by atoms with Crippen molar-refractivity contribution in [2.24, 2.45) is 0 Å². The van der Waals surface area contributed by atoms with E-state index >= 15 is 0 Å². The van der Waals surface area contributed by atoms with Crippen LogP contribution in [-0.4, -0.2) is 36.1 Å². The van der Waals surface area contributed by atoms with Crippen LogP contribution in [0, 0.1) is 0 Å². The summed E-state index contributed by atoms with van der Waals surface area (Å²) < 4.78 is 0. The number of nitrogens with zero attached hydrogens (tertiary/aromatic N) is 1. The molecule has 2 aliphatic rings. The zero-order valence-electron chi connectivity index (χ0n) is 8.32. The third kappa shape index (κ3) is 3.62. The van der Waals surface area contributed by atoms with Crippen LogP contribution in [0.1, 0.15) is 26.7 Å². The molecule has 0 amide bonds. The zero-order valence-corrected chi connectivity index (χ0v) is 9.96. The van der Waals surface area contributed by atoms with Crippen molar-refractivity contribution in [3.05, 3.63) is 0 Å². The number of rotatable bonds is 1. The Morgan fingerprint density at radius 1 is 1.00 bits per heavy atom. The molecule has 2 atom stereocenters. The van der Waals surface area contributed by atoms with Gasteiger partial charge in [-0.15, -0.1) is 24.8 Å². The van der Waals surface area contributed by atoms with Crippen molar-refractivity contribution in [3.8, 4) is 0 Å². The van der Waals surface area contributed by atoms with Gasteiger partial charge < -0.3 is 5.32 Å². The van der Waals surface area contributed by atoms with Gasteiger partial charge in [0.25, 0.3) is 0 Å². The fourth-order valence-corrected chi connectivity index (χ4v) is 2.11. The van der Waals surface area contributed by atoms with Crippen LogP contribution in [0.4, 0.5) is 0 Å². The quantitative estimate of drug-likeness (QED) is 0.733. The second kappa shape index (κ2) is 5.40. The summed E-state index contributed by atoms with van der Waals surface area (Å²) in [5.74, 6) is 0. The third-order valence-electron chi connectivity index (χ3n) is 2.65. The first-order chi connectivity index (χ1) is 5.25. The molecule has 0 unspecified atom stereocenters. The van der Waals surface area contributed by atoms with E-state index < -0.39 is 0 Å². The van der Waals surface area contributed by atoms with Crippen molar-refractivity contribution in [2.75, 3.05) is 13.1 Å². The van der Waals surface area contributed by atoms with Crippen molar-refractivity contribution < 1.29 is 0 Å². The molecule has 13 heavy (non-hydrogen) atoms. The lowest BCUT2D eigenvalue weighted by Crippen LogP contribution is -2.54. The Balaban J connectivity index is 0.000000720. The molecule has 1 N–H and O–H groups in total. The Bertz CT molecular complexity index is 141. The van der Waals surface area contributed by atoms with E-state index in [0.29, 0.717) is 12.1 Å². The van der Waals surface area contributed by atoms with Gasteiger partial charge in [-0.25, -0.2) is 0 Å². The minimum Gasteiger partial charge on any atom is -0.309 e. The van der Waals surface area contributed by atoms with Crippen molar-refractivity contribution in [1.29, 1.82) is 0 Å². The summed E-state index contributed by atoms with van der Waals surface area (Å²) in [4.78, 5) is 2.64. The highest BCUT2D eigenvalue weighted by Crippen LogP contribution is 2.28. The summed E-state index contributed by atoms with van der Waals surface area (Å²) in [6.07, 6.45) is 2.89. The van der Waals surface area contributed by atoms with Gasteiger partial charge in [0, 0.05) is 31.2 Å². The van der Waals surface area contributed by atoms with Crippen LogP contribution in [0.25, 0.3) is 0 Å². The fourth-order valence-electron chi connectivity index (χ4n) is 2.11. The van der Waals surface area contributed by atoms with E-state index in [9.17, 15) is 0 Å². The monoisotopic (exact) mass is 226 g/mol. The van der Waals surface area contributed by atoms with E-state index in [4.69, 9.17) is 0 Å². The minimum absolute atomic E-state index is 0. The van der Waals surface area contributed by atoms with Crippen LogP contribution >= 0.6 is 24.8 Å². The van der Waals surface area contributed by atoms with E-state index in [1.54, 1.807) is 0 Å². The summed E-state index contributed by atoms with van der Waals surface area (Å²) in [5.41, 5.74) is 0. The van der Waals surface area contributed by atoms with Crippen molar-refractivity contribution >= 4 is 24.8 Å². The molecule has 0 aromatic rings. The SMILES string of the molecule is C[C@@H]1CN(C2CC2)C[C@H](C)N1.Cl.Cl. The normalized spacial score (nSPS) is 34.6. The minimum atomic E-state index is 0. The van der Waals surface area contributed by atoms with E-state index in [1.807, 2.05) is 0 Å². The van der Waals surface area contributed by atoms with E-state index in [2.05, 4.69) is 24.1 Å². The molecule has 2 fully saturated rings. The highest BCUT2D eigenvalue weighted by Gasteiger charge is 2.33. The van der Waals surface area contributed by atoms with Gasteiger partial charge in [-0.05, 0) is 26.7 Å². The maximum atomic E-state index is 3.55. The predicted molar refractivity (Wildman–Crippen MR) is 61.2 cm³/mol. The summed E-state index contributed by atoms with van der Waals surface area (Å²) in [7, 11) is 0. The van der Waals surface area contributed by atoms with Crippen LogP contribution in [0.5, 0.6) is 0 Å². The number of hydrogen-bond acceptors (Lipinski definition) is 2. The molecule has 80 valence electrons. The van der Waals surface area contributed by atoms with Gasteiger partial charge in [-0.3, -0.25) is 4.90 Å². The second-order valence-corrected chi connectivity index (χ2v) is 4.15. The summed E-state index contributed by atoms with van der Waals surface area (Å²) in [5, 5.41) is 3.55. The van der Waals surface area contributed by atoms with Gasteiger partial charge in [0.05, 0.1) is 0 Å². The Morgan fingerprint density at radius 2 is 1.46 bits per heavy atom. The van der Waals surface area contributed by atoms with Crippen molar-refractivity contribution in [1.82, 2.24) is 10.2 Å². The molecule has 1 aliphatic heterocycles. The smallest absolute Gasteiger partial charge is 0.0169 e. The first-order valence-electron chi connectivity index (χ1n) is 4.76. The Morgan fingerprint density at radius 3 is 1.85 bits per heavy atom. The summed E-state index contributed by atoms with van der Waals surface area (Å²) >= 11 is 0. The number of nitrogens with one attached hydrogen (secondary N) is 1. The molecule has 1 saturated heterocycles. The van der Waals surface area contributed by atoms with E-state index in [-0.39, 0.29) is 24.8 Å². The zero-order chi connectivity index (χ0) is 7.84. The van der Waals surface area contributed by atoms with Crippen LogP contribution in [0.15, 0.2) is 0 Å². The fraction of sp³-hybridized carbons (Fsp3) is 1.00. The Hall–Kier alpha value is 0.500. The van der Waals surface area contributed by atoms with Gasteiger partial charge in [0.1, 0.15) is 0 Å². The lowest BCUT2D eigenvalue weighted by atomic mass is 10.1. The highest BCUT2D eigenvalue weighted by atomic mass is 35.5. The summed E-state index contributed by atoms with van der Waals surface area (Å²) in [6, 6.07) is 2.33. The maximum Gasteiger partial charge on any atom is 0.0169 e. The van der Waals surface area contributed by atoms with Gasteiger partial charge in [-0.2, -0.15) is 0 Å². The van der Waals surface area contributed by atoms with Gasteiger partial charge >= 0.3 is 0 Å². The number of halogens is 2. The molecule has 1 heterocycles.